The van der Waals surface area contributed by atoms with Gasteiger partial charge in [0.2, 0.25) is 0 Å². The van der Waals surface area contributed by atoms with Crippen molar-refractivity contribution in [3.05, 3.63) is 11.9 Å². The van der Waals surface area contributed by atoms with E-state index in [2.05, 4.69) is 60.4 Å². The van der Waals surface area contributed by atoms with E-state index in [-0.39, 0.29) is 0 Å². The highest BCUT2D eigenvalue weighted by Crippen LogP contribution is 2.15. The topological polar surface area (TPSA) is 53.1 Å². The molecule has 0 spiro atoms. The Morgan fingerprint density at radius 3 is 2.40 bits per heavy atom. The quantitative estimate of drug-likeness (QED) is 0.766. The predicted octanol–water partition coefficient (Wildman–Crippen LogP) is 2.61. The Morgan fingerprint density at radius 1 is 1.20 bits per heavy atom. The minimum atomic E-state index is 0.373. The molecule has 20 heavy (non-hydrogen) atoms. The zero-order chi connectivity index (χ0) is 15.1. The van der Waals surface area contributed by atoms with Crippen molar-refractivity contribution in [3.8, 4) is 0 Å². The number of hydrogen-bond acceptors (Lipinski definition) is 5. The molecule has 1 atom stereocenters. The van der Waals surface area contributed by atoms with Crippen LogP contribution in [0.1, 0.15) is 33.0 Å². The number of anilines is 2. The lowest BCUT2D eigenvalue weighted by Crippen LogP contribution is -2.36. The molecule has 1 rings (SSSR count). The maximum atomic E-state index is 4.49. The predicted molar refractivity (Wildman–Crippen MR) is 86.4 cm³/mol. The minimum Gasteiger partial charge on any atom is -0.370 e. The summed E-state index contributed by atoms with van der Waals surface area (Å²) in [7, 11) is 4.19. The second kappa shape index (κ2) is 8.04. The molecule has 5 nitrogen and oxygen atoms in total. The van der Waals surface area contributed by atoms with Gasteiger partial charge in [0.1, 0.15) is 17.5 Å². The van der Waals surface area contributed by atoms with Crippen molar-refractivity contribution in [2.45, 2.75) is 40.2 Å². The van der Waals surface area contributed by atoms with Crippen molar-refractivity contribution in [2.24, 2.45) is 5.92 Å². The Kier molecular flexibility index (Phi) is 6.71. The van der Waals surface area contributed by atoms with Gasteiger partial charge in [0, 0.05) is 25.2 Å². The average molecular weight is 279 g/mol. The van der Waals surface area contributed by atoms with E-state index in [1.807, 2.05) is 13.0 Å². The highest BCUT2D eigenvalue weighted by molar-refractivity contribution is 5.48. The summed E-state index contributed by atoms with van der Waals surface area (Å²) in [5.41, 5.74) is 0. The lowest BCUT2D eigenvalue weighted by Gasteiger charge is -2.26. The highest BCUT2D eigenvalue weighted by Gasteiger charge is 2.15. The van der Waals surface area contributed by atoms with Gasteiger partial charge in [-0.3, -0.25) is 0 Å². The Labute approximate surface area is 123 Å². The van der Waals surface area contributed by atoms with Crippen LogP contribution in [0.4, 0.5) is 11.6 Å². The number of aromatic nitrogens is 2. The molecule has 0 bridgehead atoms. The van der Waals surface area contributed by atoms with Gasteiger partial charge in [0.05, 0.1) is 0 Å². The maximum Gasteiger partial charge on any atom is 0.132 e. The van der Waals surface area contributed by atoms with E-state index in [4.69, 9.17) is 0 Å². The Bertz CT molecular complexity index is 403. The van der Waals surface area contributed by atoms with Crippen molar-refractivity contribution in [1.82, 2.24) is 14.9 Å². The molecule has 0 aromatic carbocycles. The van der Waals surface area contributed by atoms with Gasteiger partial charge in [-0.25, -0.2) is 9.97 Å². The van der Waals surface area contributed by atoms with Gasteiger partial charge in [-0.1, -0.05) is 20.8 Å². The van der Waals surface area contributed by atoms with Crippen molar-refractivity contribution >= 4 is 11.6 Å². The standard InChI is InChI=1S/C15H29N5/c1-7-8-16-14-9-15(18-12(4)17-14)19-13(11(2)3)10-20(5)6/h9,11,13H,7-8,10H2,1-6H3,(H2,16,17,18,19). The largest absolute Gasteiger partial charge is 0.370 e. The summed E-state index contributed by atoms with van der Waals surface area (Å²) in [5.74, 6) is 3.13. The van der Waals surface area contributed by atoms with E-state index in [9.17, 15) is 0 Å². The van der Waals surface area contributed by atoms with Crippen LogP contribution in [0.3, 0.4) is 0 Å². The fourth-order valence-corrected chi connectivity index (χ4v) is 1.99. The van der Waals surface area contributed by atoms with Gasteiger partial charge >= 0.3 is 0 Å². The molecule has 0 fully saturated rings. The van der Waals surface area contributed by atoms with Crippen LogP contribution >= 0.6 is 0 Å². The zero-order valence-electron chi connectivity index (χ0n) is 13.7. The number of rotatable bonds is 8. The third kappa shape index (κ3) is 5.74. The van der Waals surface area contributed by atoms with Crippen LogP contribution in [0.5, 0.6) is 0 Å². The van der Waals surface area contributed by atoms with Crippen molar-refractivity contribution < 1.29 is 0 Å². The van der Waals surface area contributed by atoms with Gasteiger partial charge in [-0.15, -0.1) is 0 Å². The fraction of sp³-hybridized carbons (Fsp3) is 0.733. The molecule has 1 aromatic rings. The van der Waals surface area contributed by atoms with E-state index in [0.717, 1.165) is 37.0 Å². The van der Waals surface area contributed by atoms with Gasteiger partial charge in [-0.2, -0.15) is 0 Å². The molecule has 1 heterocycles. The first-order valence-electron chi connectivity index (χ1n) is 7.43. The molecular weight excluding hydrogens is 250 g/mol. The number of aryl methyl sites for hydroxylation is 1. The lowest BCUT2D eigenvalue weighted by molar-refractivity contribution is 0.344. The first-order valence-corrected chi connectivity index (χ1v) is 7.43. The summed E-state index contributed by atoms with van der Waals surface area (Å²) < 4.78 is 0. The molecule has 2 N–H and O–H groups in total. The molecule has 1 aromatic heterocycles. The van der Waals surface area contributed by atoms with E-state index in [1.54, 1.807) is 0 Å². The lowest BCUT2D eigenvalue weighted by atomic mass is 10.0. The van der Waals surface area contributed by atoms with E-state index < -0.39 is 0 Å². The number of likely N-dealkylation sites (N-methyl/N-ethyl adjacent to an activating group) is 1. The van der Waals surface area contributed by atoms with Gasteiger partial charge < -0.3 is 15.5 Å². The van der Waals surface area contributed by atoms with Crippen LogP contribution < -0.4 is 10.6 Å². The summed E-state index contributed by atoms with van der Waals surface area (Å²) in [6, 6.07) is 2.37. The molecular formula is C15H29N5. The molecule has 0 amide bonds. The normalized spacial score (nSPS) is 12.8. The molecule has 0 aliphatic rings. The Hall–Kier alpha value is -1.36. The summed E-state index contributed by atoms with van der Waals surface area (Å²) in [6.07, 6.45) is 1.08. The molecule has 0 aliphatic carbocycles. The van der Waals surface area contributed by atoms with Crippen LogP contribution in [0.25, 0.3) is 0 Å². The van der Waals surface area contributed by atoms with Gasteiger partial charge in [-0.05, 0) is 33.4 Å². The SMILES string of the molecule is CCCNc1cc(NC(CN(C)C)C(C)C)nc(C)n1. The van der Waals surface area contributed by atoms with Gasteiger partial charge in [0.15, 0.2) is 0 Å². The molecule has 1 unspecified atom stereocenters. The summed E-state index contributed by atoms with van der Waals surface area (Å²) >= 11 is 0. The van der Waals surface area contributed by atoms with Crippen LogP contribution in [-0.2, 0) is 0 Å². The van der Waals surface area contributed by atoms with Crippen LogP contribution in [0.15, 0.2) is 6.07 Å². The first-order chi connectivity index (χ1) is 9.42. The Morgan fingerprint density at radius 2 is 1.85 bits per heavy atom. The average Bonchev–Trinajstić information content (AvgIpc) is 2.34. The summed E-state index contributed by atoms with van der Waals surface area (Å²) in [6.45, 7) is 10.4. The molecule has 5 heteroatoms. The second-order valence-electron chi connectivity index (χ2n) is 5.87. The smallest absolute Gasteiger partial charge is 0.132 e. The van der Waals surface area contributed by atoms with Crippen LogP contribution in [0, 0.1) is 12.8 Å². The van der Waals surface area contributed by atoms with Crippen molar-refractivity contribution in [1.29, 1.82) is 0 Å². The first kappa shape index (κ1) is 16.7. The van der Waals surface area contributed by atoms with Gasteiger partial charge in [0.25, 0.3) is 0 Å². The van der Waals surface area contributed by atoms with E-state index in [0.29, 0.717) is 12.0 Å². The fourth-order valence-electron chi connectivity index (χ4n) is 1.99. The number of nitrogens with one attached hydrogen (secondary N) is 2. The van der Waals surface area contributed by atoms with E-state index >= 15 is 0 Å². The molecule has 0 saturated heterocycles. The minimum absolute atomic E-state index is 0.373. The third-order valence-electron chi connectivity index (χ3n) is 3.09. The molecule has 0 radical (unpaired) electrons. The molecule has 0 aliphatic heterocycles. The summed E-state index contributed by atoms with van der Waals surface area (Å²) in [5, 5.41) is 6.85. The van der Waals surface area contributed by atoms with Crippen LogP contribution in [-0.4, -0.2) is 48.1 Å². The van der Waals surface area contributed by atoms with E-state index in [1.165, 1.54) is 0 Å². The maximum absolute atomic E-state index is 4.49. The monoisotopic (exact) mass is 279 g/mol. The number of hydrogen-bond donors (Lipinski definition) is 2. The van der Waals surface area contributed by atoms with Crippen LogP contribution in [0.2, 0.25) is 0 Å². The zero-order valence-corrected chi connectivity index (χ0v) is 13.7. The van der Waals surface area contributed by atoms with Crippen molar-refractivity contribution in [2.75, 3.05) is 37.8 Å². The number of nitrogens with zero attached hydrogens (tertiary/aromatic N) is 3. The molecule has 114 valence electrons. The summed E-state index contributed by atoms with van der Waals surface area (Å²) in [4.78, 5) is 11.1. The third-order valence-corrected chi connectivity index (χ3v) is 3.09. The Balaban J connectivity index is 2.80. The highest BCUT2D eigenvalue weighted by atomic mass is 15.1. The second-order valence-corrected chi connectivity index (χ2v) is 5.87. The molecule has 0 saturated carbocycles. The van der Waals surface area contributed by atoms with Crippen molar-refractivity contribution in [3.63, 3.8) is 0 Å².